The summed E-state index contributed by atoms with van der Waals surface area (Å²) in [5, 5.41) is 0. The van der Waals surface area contributed by atoms with Gasteiger partial charge in [-0.05, 0) is 38.5 Å². The Bertz CT molecular complexity index is 762. The molecule has 0 aliphatic rings. The zero-order valence-electron chi connectivity index (χ0n) is 11.9. The molecule has 2 aromatic heterocycles. The number of nitrogens with one attached hydrogen (secondary N) is 1. The Morgan fingerprint density at radius 2 is 1.95 bits per heavy atom. The van der Waals surface area contributed by atoms with Gasteiger partial charge in [0.25, 0.3) is 0 Å². The van der Waals surface area contributed by atoms with E-state index < -0.39 is 0 Å². The van der Waals surface area contributed by atoms with Crippen molar-refractivity contribution in [1.82, 2.24) is 15.0 Å². The summed E-state index contributed by atoms with van der Waals surface area (Å²) in [6, 6.07) is 10.2. The van der Waals surface area contributed by atoms with Gasteiger partial charge < -0.3 is 9.72 Å². The number of aromatic amines is 1. The second-order valence-corrected chi connectivity index (χ2v) is 4.86. The number of aromatic nitrogens is 3. The molecular formula is C16H17N3O. The molecule has 0 saturated carbocycles. The molecular weight excluding hydrogens is 250 g/mol. The van der Waals surface area contributed by atoms with Crippen LogP contribution in [0, 0.1) is 13.8 Å². The Labute approximate surface area is 117 Å². The summed E-state index contributed by atoms with van der Waals surface area (Å²) >= 11 is 0. The van der Waals surface area contributed by atoms with Gasteiger partial charge >= 0.3 is 0 Å². The zero-order valence-corrected chi connectivity index (χ0v) is 11.9. The van der Waals surface area contributed by atoms with Crippen LogP contribution in [0.3, 0.4) is 0 Å². The van der Waals surface area contributed by atoms with Crippen molar-refractivity contribution in [2.45, 2.75) is 20.8 Å². The van der Waals surface area contributed by atoms with E-state index in [0.717, 1.165) is 16.9 Å². The first-order valence-electron chi connectivity index (χ1n) is 6.74. The maximum atomic E-state index is 5.41. The van der Waals surface area contributed by atoms with Gasteiger partial charge in [-0.15, -0.1) is 0 Å². The molecule has 0 fully saturated rings. The molecule has 0 unspecified atom stereocenters. The van der Waals surface area contributed by atoms with Crippen molar-refractivity contribution >= 4 is 11.2 Å². The summed E-state index contributed by atoms with van der Waals surface area (Å²) in [6.45, 7) is 6.71. The molecule has 0 aliphatic heterocycles. The first kappa shape index (κ1) is 12.7. The molecule has 1 N–H and O–H groups in total. The average molecular weight is 267 g/mol. The van der Waals surface area contributed by atoms with Crippen LogP contribution in [0.5, 0.6) is 5.88 Å². The number of hydrogen-bond donors (Lipinski definition) is 1. The zero-order chi connectivity index (χ0) is 14.1. The minimum absolute atomic E-state index is 0.604. The third-order valence-corrected chi connectivity index (χ3v) is 3.26. The van der Waals surface area contributed by atoms with Crippen molar-refractivity contribution in [2.24, 2.45) is 0 Å². The first-order chi connectivity index (χ1) is 9.67. The molecule has 0 aliphatic carbocycles. The van der Waals surface area contributed by atoms with Crippen molar-refractivity contribution in [3.05, 3.63) is 41.5 Å². The molecule has 0 bridgehead atoms. The molecule has 20 heavy (non-hydrogen) atoms. The van der Waals surface area contributed by atoms with Crippen LogP contribution in [0.15, 0.2) is 30.3 Å². The summed E-state index contributed by atoms with van der Waals surface area (Å²) in [7, 11) is 0. The molecule has 3 rings (SSSR count). The van der Waals surface area contributed by atoms with E-state index in [4.69, 9.17) is 4.74 Å². The van der Waals surface area contributed by atoms with Crippen molar-refractivity contribution < 1.29 is 4.74 Å². The Hall–Kier alpha value is -2.36. The fourth-order valence-corrected chi connectivity index (χ4v) is 2.22. The number of fused-ring (bicyclic) bond motifs is 1. The van der Waals surface area contributed by atoms with Crippen molar-refractivity contribution in [1.29, 1.82) is 0 Å². The van der Waals surface area contributed by atoms with Crippen molar-refractivity contribution in [3.8, 4) is 17.3 Å². The highest BCUT2D eigenvalue weighted by Gasteiger charge is 2.09. The number of nitrogens with zero attached hydrogens (tertiary/aromatic N) is 2. The third kappa shape index (κ3) is 2.25. The molecule has 2 heterocycles. The summed E-state index contributed by atoms with van der Waals surface area (Å²) < 4.78 is 5.41. The number of rotatable bonds is 3. The molecule has 4 nitrogen and oxygen atoms in total. The van der Waals surface area contributed by atoms with Gasteiger partial charge in [-0.1, -0.05) is 17.7 Å². The van der Waals surface area contributed by atoms with Crippen molar-refractivity contribution in [2.75, 3.05) is 6.61 Å². The highest BCUT2D eigenvalue weighted by molar-refractivity contribution is 5.77. The quantitative estimate of drug-likeness (QED) is 0.788. The van der Waals surface area contributed by atoms with Crippen LogP contribution in [0.2, 0.25) is 0 Å². The SMILES string of the molecule is CCOc1ccc2[nH]c(-c3cc(C)ccc3C)nc2n1. The van der Waals surface area contributed by atoms with Crippen LogP contribution < -0.4 is 4.74 Å². The minimum atomic E-state index is 0.604. The highest BCUT2D eigenvalue weighted by atomic mass is 16.5. The van der Waals surface area contributed by atoms with E-state index in [9.17, 15) is 0 Å². The van der Waals surface area contributed by atoms with Gasteiger partial charge in [-0.3, -0.25) is 0 Å². The molecule has 1 aromatic carbocycles. The highest BCUT2D eigenvalue weighted by Crippen LogP contribution is 2.24. The van der Waals surface area contributed by atoms with Gasteiger partial charge in [-0.2, -0.15) is 4.98 Å². The van der Waals surface area contributed by atoms with Gasteiger partial charge in [0, 0.05) is 11.6 Å². The standard InChI is InChI=1S/C16H17N3O/c1-4-20-14-8-7-13-16(18-14)19-15(17-13)12-9-10(2)5-6-11(12)3/h5-9H,4H2,1-3H3,(H,17,18,19). The van der Waals surface area contributed by atoms with E-state index in [0.29, 0.717) is 18.1 Å². The van der Waals surface area contributed by atoms with Crippen LogP contribution >= 0.6 is 0 Å². The minimum Gasteiger partial charge on any atom is -0.478 e. The molecule has 0 amide bonds. The predicted molar refractivity (Wildman–Crippen MR) is 80.0 cm³/mol. The van der Waals surface area contributed by atoms with E-state index in [-0.39, 0.29) is 0 Å². The number of hydrogen-bond acceptors (Lipinski definition) is 3. The third-order valence-electron chi connectivity index (χ3n) is 3.26. The average Bonchev–Trinajstić information content (AvgIpc) is 2.85. The lowest BCUT2D eigenvalue weighted by molar-refractivity contribution is 0.328. The molecule has 3 aromatic rings. The topological polar surface area (TPSA) is 50.8 Å². The molecule has 102 valence electrons. The van der Waals surface area contributed by atoms with E-state index >= 15 is 0 Å². The Morgan fingerprint density at radius 1 is 1.10 bits per heavy atom. The molecule has 0 radical (unpaired) electrons. The Morgan fingerprint density at radius 3 is 2.75 bits per heavy atom. The Kier molecular flexibility index (Phi) is 3.14. The van der Waals surface area contributed by atoms with Gasteiger partial charge in [0.05, 0.1) is 12.1 Å². The van der Waals surface area contributed by atoms with E-state index in [1.807, 2.05) is 19.1 Å². The van der Waals surface area contributed by atoms with E-state index in [2.05, 4.69) is 47.0 Å². The van der Waals surface area contributed by atoms with Gasteiger partial charge in [-0.25, -0.2) is 4.98 Å². The van der Waals surface area contributed by atoms with Crippen molar-refractivity contribution in [3.63, 3.8) is 0 Å². The van der Waals surface area contributed by atoms with Crippen LogP contribution in [-0.2, 0) is 0 Å². The molecule has 0 spiro atoms. The number of ether oxygens (including phenoxy) is 1. The summed E-state index contributed by atoms with van der Waals surface area (Å²) in [5.41, 5.74) is 5.13. The van der Waals surface area contributed by atoms with Gasteiger partial charge in [0.1, 0.15) is 5.82 Å². The lowest BCUT2D eigenvalue weighted by Crippen LogP contribution is -1.93. The smallest absolute Gasteiger partial charge is 0.215 e. The number of pyridine rings is 1. The maximum Gasteiger partial charge on any atom is 0.215 e. The molecule has 0 atom stereocenters. The summed E-state index contributed by atoms with van der Waals surface area (Å²) in [4.78, 5) is 12.3. The number of aryl methyl sites for hydroxylation is 2. The first-order valence-corrected chi connectivity index (χ1v) is 6.74. The van der Waals surface area contributed by atoms with Gasteiger partial charge in [0.2, 0.25) is 5.88 Å². The van der Waals surface area contributed by atoms with Crippen LogP contribution in [0.4, 0.5) is 0 Å². The van der Waals surface area contributed by atoms with E-state index in [1.54, 1.807) is 0 Å². The fourth-order valence-electron chi connectivity index (χ4n) is 2.22. The van der Waals surface area contributed by atoms with E-state index in [1.165, 1.54) is 11.1 Å². The largest absolute Gasteiger partial charge is 0.478 e. The molecule has 4 heteroatoms. The lowest BCUT2D eigenvalue weighted by Gasteiger charge is -2.03. The summed E-state index contributed by atoms with van der Waals surface area (Å²) in [6.07, 6.45) is 0. The normalized spacial score (nSPS) is 10.9. The maximum absolute atomic E-state index is 5.41. The number of H-pyrrole nitrogens is 1. The van der Waals surface area contributed by atoms with Gasteiger partial charge in [0.15, 0.2) is 5.65 Å². The predicted octanol–water partition coefficient (Wildman–Crippen LogP) is 3.64. The number of benzene rings is 1. The van der Waals surface area contributed by atoms with Crippen LogP contribution in [0.1, 0.15) is 18.1 Å². The number of imidazole rings is 1. The Balaban J connectivity index is 2.10. The van der Waals surface area contributed by atoms with Crippen LogP contribution in [0.25, 0.3) is 22.6 Å². The summed E-state index contributed by atoms with van der Waals surface area (Å²) in [5.74, 6) is 1.46. The second-order valence-electron chi connectivity index (χ2n) is 4.86. The monoisotopic (exact) mass is 267 g/mol. The molecule has 0 saturated heterocycles. The second kappa shape index (κ2) is 4.96. The fraction of sp³-hybridized carbons (Fsp3) is 0.250. The lowest BCUT2D eigenvalue weighted by atomic mass is 10.1. The van der Waals surface area contributed by atoms with Crippen LogP contribution in [-0.4, -0.2) is 21.6 Å².